The van der Waals surface area contributed by atoms with E-state index in [2.05, 4.69) is 0 Å². The van der Waals surface area contributed by atoms with E-state index in [1.54, 1.807) is 11.8 Å². The van der Waals surface area contributed by atoms with Crippen LogP contribution in [-0.4, -0.2) is 24.8 Å². The number of allylic oxidation sites excluding steroid dienone is 1. The van der Waals surface area contributed by atoms with Crippen molar-refractivity contribution in [2.45, 2.75) is 4.90 Å². The van der Waals surface area contributed by atoms with Gasteiger partial charge < -0.3 is 4.90 Å². The van der Waals surface area contributed by atoms with Gasteiger partial charge in [-0.25, -0.2) is 0 Å². The van der Waals surface area contributed by atoms with Crippen LogP contribution in [-0.2, 0) is 0 Å². The van der Waals surface area contributed by atoms with Gasteiger partial charge in [-0.15, -0.1) is 0 Å². The Kier molecular flexibility index (Phi) is 3.36. The average Bonchev–Trinajstić information content (AvgIpc) is 2.78. The smallest absolute Gasteiger partial charge is 0.202 e. The molecule has 3 heteroatoms. The lowest BCUT2D eigenvalue weighted by Gasteiger charge is -2.19. The van der Waals surface area contributed by atoms with Crippen LogP contribution in [0.1, 0.15) is 15.9 Å². The van der Waals surface area contributed by atoms with Crippen molar-refractivity contribution < 1.29 is 4.79 Å². The van der Waals surface area contributed by atoms with E-state index in [4.69, 9.17) is 0 Å². The van der Waals surface area contributed by atoms with E-state index in [-0.39, 0.29) is 5.78 Å². The number of hydrogen-bond donors (Lipinski definition) is 0. The minimum atomic E-state index is 0.123. The molecule has 1 aliphatic rings. The van der Waals surface area contributed by atoms with Crippen molar-refractivity contribution in [2.24, 2.45) is 0 Å². The second kappa shape index (κ2) is 5.17. The Morgan fingerprint density at radius 2 is 1.60 bits per heavy atom. The van der Waals surface area contributed by atoms with Gasteiger partial charge in [0.05, 0.1) is 10.6 Å². The molecule has 0 radical (unpaired) electrons. The summed E-state index contributed by atoms with van der Waals surface area (Å²) in [6.07, 6.45) is 0. The third-order valence-electron chi connectivity index (χ3n) is 3.26. The molecule has 0 bridgehead atoms. The summed E-state index contributed by atoms with van der Waals surface area (Å²) in [6.45, 7) is 0. The molecule has 2 aromatic carbocycles. The van der Waals surface area contributed by atoms with Crippen molar-refractivity contribution in [1.82, 2.24) is 4.90 Å². The number of hydrogen-bond acceptors (Lipinski definition) is 3. The highest BCUT2D eigenvalue weighted by Gasteiger charge is 2.29. The maximum Gasteiger partial charge on any atom is 0.202 e. The molecular weight excluding hydrogens is 266 g/mol. The normalized spacial score (nSPS) is 16.0. The SMILES string of the molecule is CN(C)/C(=C1/Sc2ccccc2C1=O)c1ccccc1. The number of rotatable bonds is 2. The van der Waals surface area contributed by atoms with E-state index in [0.717, 1.165) is 26.6 Å². The Hall–Kier alpha value is -2.00. The minimum absolute atomic E-state index is 0.123. The van der Waals surface area contributed by atoms with Crippen LogP contribution in [0.4, 0.5) is 0 Å². The van der Waals surface area contributed by atoms with Gasteiger partial charge >= 0.3 is 0 Å². The predicted octanol–water partition coefficient (Wildman–Crippen LogP) is 3.91. The van der Waals surface area contributed by atoms with Crippen molar-refractivity contribution in [1.29, 1.82) is 0 Å². The summed E-state index contributed by atoms with van der Waals surface area (Å²) in [5.74, 6) is 0.123. The third kappa shape index (κ3) is 2.14. The highest BCUT2D eigenvalue weighted by molar-refractivity contribution is 8.05. The van der Waals surface area contributed by atoms with Crippen LogP contribution in [0, 0.1) is 0 Å². The molecule has 0 aromatic heterocycles. The number of fused-ring (bicyclic) bond motifs is 1. The molecule has 0 spiro atoms. The maximum atomic E-state index is 12.6. The summed E-state index contributed by atoms with van der Waals surface area (Å²) in [4.78, 5) is 16.5. The molecule has 3 rings (SSSR count). The fourth-order valence-corrected chi connectivity index (χ4v) is 3.60. The van der Waals surface area contributed by atoms with Crippen molar-refractivity contribution in [3.05, 3.63) is 70.6 Å². The summed E-state index contributed by atoms with van der Waals surface area (Å²) in [6, 6.07) is 17.8. The molecule has 0 fully saturated rings. The molecule has 0 N–H and O–H groups in total. The minimum Gasteiger partial charge on any atom is -0.376 e. The van der Waals surface area contributed by atoms with E-state index < -0.39 is 0 Å². The van der Waals surface area contributed by atoms with Gasteiger partial charge in [0.1, 0.15) is 0 Å². The highest BCUT2D eigenvalue weighted by Crippen LogP contribution is 2.43. The number of carbonyl (C=O) groups is 1. The molecule has 0 saturated heterocycles. The Bertz CT molecular complexity index is 689. The molecule has 0 amide bonds. The van der Waals surface area contributed by atoms with Crippen LogP contribution < -0.4 is 0 Å². The lowest BCUT2D eigenvalue weighted by atomic mass is 10.1. The van der Waals surface area contributed by atoms with Gasteiger partial charge in [0.15, 0.2) is 0 Å². The summed E-state index contributed by atoms with van der Waals surface area (Å²) >= 11 is 1.56. The summed E-state index contributed by atoms with van der Waals surface area (Å²) in [5, 5.41) is 0. The van der Waals surface area contributed by atoms with Gasteiger partial charge in [-0.2, -0.15) is 0 Å². The van der Waals surface area contributed by atoms with Gasteiger partial charge in [0.25, 0.3) is 0 Å². The second-order valence-corrected chi connectivity index (χ2v) is 5.92. The quantitative estimate of drug-likeness (QED) is 0.779. The van der Waals surface area contributed by atoms with Crippen molar-refractivity contribution in [2.75, 3.05) is 14.1 Å². The Morgan fingerprint density at radius 3 is 2.25 bits per heavy atom. The molecule has 2 aromatic rings. The number of nitrogens with zero attached hydrogens (tertiary/aromatic N) is 1. The lowest BCUT2D eigenvalue weighted by Crippen LogP contribution is -2.13. The number of benzene rings is 2. The van der Waals surface area contributed by atoms with Crippen molar-refractivity contribution >= 4 is 23.2 Å². The van der Waals surface area contributed by atoms with Crippen LogP contribution in [0.15, 0.2) is 64.4 Å². The first-order valence-electron chi connectivity index (χ1n) is 6.47. The Morgan fingerprint density at radius 1 is 0.950 bits per heavy atom. The van der Waals surface area contributed by atoms with Crippen molar-refractivity contribution in [3.8, 4) is 0 Å². The fourth-order valence-electron chi connectivity index (χ4n) is 2.37. The largest absolute Gasteiger partial charge is 0.376 e. The van der Waals surface area contributed by atoms with Gasteiger partial charge in [-0.3, -0.25) is 4.79 Å². The summed E-state index contributed by atoms with van der Waals surface area (Å²) in [5.41, 5.74) is 2.86. The van der Waals surface area contributed by atoms with E-state index >= 15 is 0 Å². The van der Waals surface area contributed by atoms with Gasteiger partial charge in [0, 0.05) is 24.6 Å². The molecule has 2 nitrogen and oxygen atoms in total. The van der Waals surface area contributed by atoms with Gasteiger partial charge in [-0.1, -0.05) is 54.2 Å². The molecule has 1 aliphatic heterocycles. The first kappa shape index (κ1) is 13.0. The molecule has 0 saturated carbocycles. The van der Waals surface area contributed by atoms with E-state index in [0.29, 0.717) is 0 Å². The summed E-state index contributed by atoms with van der Waals surface area (Å²) in [7, 11) is 3.96. The molecule has 0 atom stereocenters. The average molecular weight is 281 g/mol. The fraction of sp³-hybridized carbons (Fsp3) is 0.118. The first-order chi connectivity index (χ1) is 9.68. The highest BCUT2D eigenvalue weighted by atomic mass is 32.2. The summed E-state index contributed by atoms with van der Waals surface area (Å²) < 4.78 is 0. The molecule has 0 aliphatic carbocycles. The topological polar surface area (TPSA) is 20.3 Å². The molecule has 100 valence electrons. The molecule has 0 unspecified atom stereocenters. The van der Waals surface area contributed by atoms with E-state index in [1.807, 2.05) is 73.6 Å². The van der Waals surface area contributed by atoms with Crippen molar-refractivity contribution in [3.63, 3.8) is 0 Å². The number of thioether (sulfide) groups is 1. The molecule has 1 heterocycles. The Balaban J connectivity index is 2.16. The van der Waals surface area contributed by atoms with Crippen LogP contribution >= 0.6 is 11.8 Å². The van der Waals surface area contributed by atoms with E-state index in [9.17, 15) is 4.79 Å². The zero-order valence-electron chi connectivity index (χ0n) is 11.5. The van der Waals surface area contributed by atoms with E-state index in [1.165, 1.54) is 0 Å². The zero-order chi connectivity index (χ0) is 14.1. The van der Waals surface area contributed by atoms with Gasteiger partial charge in [-0.05, 0) is 17.7 Å². The second-order valence-electron chi connectivity index (χ2n) is 4.87. The molecular formula is C17H15NOS. The zero-order valence-corrected chi connectivity index (χ0v) is 12.3. The number of carbonyl (C=O) groups excluding carboxylic acids is 1. The van der Waals surface area contributed by atoms with Gasteiger partial charge in [0.2, 0.25) is 5.78 Å². The Labute approximate surface area is 123 Å². The monoisotopic (exact) mass is 281 g/mol. The van der Waals surface area contributed by atoms with Crippen LogP contribution in [0.3, 0.4) is 0 Å². The predicted molar refractivity (Wildman–Crippen MR) is 83.7 cm³/mol. The van der Waals surface area contributed by atoms with Crippen LogP contribution in [0.25, 0.3) is 5.70 Å². The third-order valence-corrected chi connectivity index (χ3v) is 4.42. The standard InChI is InChI=1S/C17H15NOS/c1-18(2)15(12-8-4-3-5-9-12)17-16(19)13-10-6-7-11-14(13)20-17/h3-11H,1-2H3/b17-15+. The number of ketones is 1. The van der Waals surface area contributed by atoms with Crippen LogP contribution in [0.5, 0.6) is 0 Å². The van der Waals surface area contributed by atoms with Crippen LogP contribution in [0.2, 0.25) is 0 Å². The molecule has 20 heavy (non-hydrogen) atoms. The number of Topliss-reactive ketones (excluding diaryl/α,β-unsaturated/α-hetero) is 1. The first-order valence-corrected chi connectivity index (χ1v) is 7.28. The maximum absolute atomic E-state index is 12.6. The lowest BCUT2D eigenvalue weighted by molar-refractivity contribution is 0.104.